The minimum Gasteiger partial charge on any atom is -0.457 e. The zero-order chi connectivity index (χ0) is 20.8. The van der Waals surface area contributed by atoms with Crippen LogP contribution < -0.4 is 4.90 Å². The van der Waals surface area contributed by atoms with Crippen molar-refractivity contribution < 1.29 is 19.1 Å². The zero-order valence-electron chi connectivity index (χ0n) is 15.8. The van der Waals surface area contributed by atoms with Crippen LogP contribution in [0, 0.1) is 11.3 Å². The Bertz CT molecular complexity index is 1020. The largest absolute Gasteiger partial charge is 0.457 e. The van der Waals surface area contributed by atoms with Gasteiger partial charge in [0.05, 0.1) is 12.1 Å². The average Bonchev–Trinajstić information content (AvgIpc) is 3.08. The van der Waals surface area contributed by atoms with Gasteiger partial charge in [0.15, 0.2) is 12.4 Å². The highest BCUT2D eigenvalue weighted by Crippen LogP contribution is 2.46. The van der Waals surface area contributed by atoms with Gasteiger partial charge in [0.1, 0.15) is 16.7 Å². The van der Waals surface area contributed by atoms with Gasteiger partial charge in [-0.05, 0) is 12.1 Å². The van der Waals surface area contributed by atoms with Crippen LogP contribution in [0.4, 0.5) is 5.69 Å². The Morgan fingerprint density at radius 2 is 1.72 bits per heavy atom. The summed E-state index contributed by atoms with van der Waals surface area (Å²) in [7, 11) is 1.78. The number of thioether (sulfide) groups is 1. The molecule has 2 aromatic rings. The third kappa shape index (κ3) is 4.73. The number of nitrogens with zero attached hydrogens (tertiary/aromatic N) is 2. The van der Waals surface area contributed by atoms with Crippen LogP contribution in [-0.4, -0.2) is 31.2 Å². The van der Waals surface area contributed by atoms with Crippen molar-refractivity contribution in [3.8, 4) is 6.07 Å². The quantitative estimate of drug-likeness (QED) is 0.300. The van der Waals surface area contributed by atoms with E-state index >= 15 is 0 Å². The number of rotatable bonds is 7. The Morgan fingerprint density at radius 3 is 2.41 bits per heavy atom. The molecule has 1 aliphatic rings. The number of fused-ring (bicyclic) bond motifs is 1. The van der Waals surface area contributed by atoms with Crippen LogP contribution in [-0.2, 0) is 14.3 Å². The zero-order valence-corrected chi connectivity index (χ0v) is 16.6. The van der Waals surface area contributed by atoms with Crippen LogP contribution in [0.1, 0.15) is 23.2 Å². The normalized spacial score (nSPS) is 14.0. The van der Waals surface area contributed by atoms with Crippen LogP contribution in [0.5, 0.6) is 0 Å². The first-order chi connectivity index (χ1) is 14.0. The van der Waals surface area contributed by atoms with Gasteiger partial charge in [0.25, 0.3) is 0 Å². The number of Topliss-reactive ketones (excluding diaryl/α,β-unsaturated/α-hetero) is 2. The van der Waals surface area contributed by atoms with Gasteiger partial charge in [-0.15, -0.1) is 0 Å². The average molecular weight is 406 g/mol. The third-order valence-corrected chi connectivity index (χ3v) is 5.60. The number of ketones is 2. The second-order valence-electron chi connectivity index (χ2n) is 6.29. The van der Waals surface area contributed by atoms with Crippen molar-refractivity contribution in [1.82, 2.24) is 0 Å². The number of hydrogen-bond acceptors (Lipinski definition) is 7. The lowest BCUT2D eigenvalue weighted by Crippen LogP contribution is -2.20. The molecule has 6 nitrogen and oxygen atoms in total. The summed E-state index contributed by atoms with van der Waals surface area (Å²) in [5.74, 6) is -1.39. The fourth-order valence-corrected chi connectivity index (χ4v) is 3.99. The van der Waals surface area contributed by atoms with Gasteiger partial charge in [-0.2, -0.15) is 5.26 Å². The predicted octanol–water partition coefficient (Wildman–Crippen LogP) is 3.74. The maximum atomic E-state index is 12.5. The molecule has 0 amide bonds. The van der Waals surface area contributed by atoms with E-state index in [1.807, 2.05) is 30.3 Å². The van der Waals surface area contributed by atoms with Crippen LogP contribution in [0.15, 0.2) is 70.1 Å². The number of carbonyl (C=O) groups excluding carboxylic acids is 3. The van der Waals surface area contributed by atoms with Gasteiger partial charge in [-0.3, -0.25) is 14.4 Å². The van der Waals surface area contributed by atoms with Crippen LogP contribution in [0.25, 0.3) is 0 Å². The number of hydrogen-bond donors (Lipinski definition) is 0. The van der Waals surface area contributed by atoms with Gasteiger partial charge < -0.3 is 9.64 Å². The van der Waals surface area contributed by atoms with E-state index in [9.17, 15) is 19.6 Å². The molecule has 0 bridgehead atoms. The van der Waals surface area contributed by atoms with Crippen molar-refractivity contribution in [2.24, 2.45) is 0 Å². The number of benzene rings is 2. The number of esters is 1. The van der Waals surface area contributed by atoms with E-state index in [0.29, 0.717) is 10.6 Å². The summed E-state index contributed by atoms with van der Waals surface area (Å²) in [4.78, 5) is 39.1. The summed E-state index contributed by atoms with van der Waals surface area (Å²) in [6.07, 6.45) is -0.128. The minimum atomic E-state index is -0.652. The lowest BCUT2D eigenvalue weighted by atomic mass is 10.1. The molecule has 1 heterocycles. The van der Waals surface area contributed by atoms with Gasteiger partial charge in [-0.25, -0.2) is 0 Å². The Hall–Kier alpha value is -3.37. The molecule has 0 saturated carbocycles. The van der Waals surface area contributed by atoms with Gasteiger partial charge >= 0.3 is 5.97 Å². The summed E-state index contributed by atoms with van der Waals surface area (Å²) >= 11 is 1.33. The van der Waals surface area contributed by atoms with Gasteiger partial charge in [0, 0.05) is 23.9 Å². The highest BCUT2D eigenvalue weighted by Gasteiger charge is 2.28. The van der Waals surface area contributed by atoms with E-state index < -0.39 is 18.4 Å². The molecule has 0 spiro atoms. The van der Waals surface area contributed by atoms with Crippen LogP contribution >= 0.6 is 11.8 Å². The lowest BCUT2D eigenvalue weighted by molar-refractivity contribution is -0.146. The summed E-state index contributed by atoms with van der Waals surface area (Å²) in [5, 5.41) is 9.98. The molecule has 0 radical (unpaired) electrons. The van der Waals surface area contributed by atoms with E-state index in [-0.39, 0.29) is 24.2 Å². The second kappa shape index (κ2) is 9.22. The molecule has 2 aromatic carbocycles. The van der Waals surface area contributed by atoms with Crippen molar-refractivity contribution >= 4 is 35.0 Å². The second-order valence-corrected chi connectivity index (χ2v) is 7.32. The van der Waals surface area contributed by atoms with Crippen molar-refractivity contribution in [3.63, 3.8) is 0 Å². The summed E-state index contributed by atoms with van der Waals surface area (Å²) < 4.78 is 4.99. The smallest absolute Gasteiger partial charge is 0.306 e. The topological polar surface area (TPSA) is 87.5 Å². The first kappa shape index (κ1) is 20.4. The maximum absolute atomic E-state index is 12.5. The van der Waals surface area contributed by atoms with Gasteiger partial charge in [0.2, 0.25) is 5.78 Å². The number of nitriles is 1. The van der Waals surface area contributed by atoms with Crippen molar-refractivity contribution in [2.45, 2.75) is 17.7 Å². The van der Waals surface area contributed by atoms with Gasteiger partial charge in [-0.1, -0.05) is 54.2 Å². The molecule has 146 valence electrons. The molecule has 0 atom stereocenters. The predicted molar refractivity (Wildman–Crippen MR) is 109 cm³/mol. The number of anilines is 1. The van der Waals surface area contributed by atoms with E-state index in [2.05, 4.69) is 0 Å². The fourth-order valence-electron chi connectivity index (χ4n) is 2.83. The molecule has 0 saturated heterocycles. The van der Waals surface area contributed by atoms with E-state index in [1.54, 1.807) is 42.3 Å². The molecule has 0 aliphatic carbocycles. The molecule has 0 aromatic heterocycles. The first-order valence-corrected chi connectivity index (χ1v) is 9.75. The van der Waals surface area contributed by atoms with E-state index in [4.69, 9.17) is 4.74 Å². The molecular formula is C22H18N2O4S. The van der Waals surface area contributed by atoms with E-state index in [1.165, 1.54) is 11.8 Å². The number of ether oxygens (including phenoxy) is 1. The Morgan fingerprint density at radius 1 is 1.03 bits per heavy atom. The highest BCUT2D eigenvalue weighted by atomic mass is 32.2. The minimum absolute atomic E-state index is 0.00284. The molecule has 0 unspecified atom stereocenters. The van der Waals surface area contributed by atoms with Crippen LogP contribution in [0.3, 0.4) is 0 Å². The molecule has 1 aliphatic heterocycles. The standard InChI is InChI=1S/C22H18N2O4S/c1-24-17-9-5-6-10-20(17)29-22(24)16(13-23)19(26)14-28-21(27)12-11-18(25)15-7-3-2-4-8-15/h2-10H,11-12,14H2,1H3/b22-16-. The first-order valence-electron chi connectivity index (χ1n) is 8.93. The highest BCUT2D eigenvalue weighted by molar-refractivity contribution is 8.03. The summed E-state index contributed by atoms with van der Waals surface area (Å²) in [5.41, 5.74) is 1.38. The van der Waals surface area contributed by atoms with Crippen molar-refractivity contribution in [3.05, 3.63) is 70.8 Å². The maximum Gasteiger partial charge on any atom is 0.306 e. The number of para-hydroxylation sites is 1. The lowest BCUT2D eigenvalue weighted by Gasteiger charge is -2.14. The SMILES string of the molecule is CN1/C(=C(\C#N)C(=O)COC(=O)CCC(=O)c2ccccc2)Sc2ccccc21. The van der Waals surface area contributed by atoms with Crippen LogP contribution in [0.2, 0.25) is 0 Å². The molecule has 7 heteroatoms. The Balaban J connectivity index is 1.56. The van der Waals surface area contributed by atoms with E-state index in [0.717, 1.165) is 10.6 Å². The molecule has 0 fully saturated rings. The van der Waals surface area contributed by atoms with Crippen molar-refractivity contribution in [1.29, 1.82) is 5.26 Å². The molecule has 3 rings (SSSR count). The summed E-state index contributed by atoms with van der Waals surface area (Å²) in [6, 6.07) is 18.2. The molecule has 0 N–H and O–H groups in total. The molecular weight excluding hydrogens is 388 g/mol. The van der Waals surface area contributed by atoms with Crippen molar-refractivity contribution in [2.75, 3.05) is 18.6 Å². The molecule has 29 heavy (non-hydrogen) atoms. The fraction of sp³-hybridized carbons (Fsp3) is 0.182. The third-order valence-electron chi connectivity index (χ3n) is 4.36. The monoisotopic (exact) mass is 406 g/mol. The Kier molecular flexibility index (Phi) is 6.47. The Labute approximate surface area is 172 Å². The summed E-state index contributed by atoms with van der Waals surface area (Å²) in [6.45, 7) is -0.532. The number of carbonyl (C=O) groups is 3.